The second-order valence-electron chi connectivity index (χ2n) is 4.94. The number of hydrogen-bond acceptors (Lipinski definition) is 4. The number of rotatable bonds is 5. The highest BCUT2D eigenvalue weighted by atomic mass is 35.5. The highest BCUT2D eigenvalue weighted by Crippen LogP contribution is 2.22. The Bertz CT molecular complexity index is 762. The van der Waals surface area contributed by atoms with E-state index in [2.05, 4.69) is 16.5 Å². The number of benzene rings is 1. The molecule has 21 heavy (non-hydrogen) atoms. The van der Waals surface area contributed by atoms with Crippen LogP contribution in [-0.2, 0) is 19.4 Å². The third-order valence-electron chi connectivity index (χ3n) is 3.51. The molecule has 0 aliphatic heterocycles. The van der Waals surface area contributed by atoms with Crippen molar-refractivity contribution in [2.75, 3.05) is 5.73 Å². The van der Waals surface area contributed by atoms with Crippen molar-refractivity contribution < 1.29 is 0 Å². The number of anilines is 1. The predicted octanol–water partition coefficient (Wildman–Crippen LogP) is 3.92. The maximum atomic E-state index is 6.04. The quantitative estimate of drug-likeness (QED) is 0.775. The normalized spacial score (nSPS) is 11.3. The number of nitrogen functional groups attached to an aromatic ring is 1. The van der Waals surface area contributed by atoms with Crippen LogP contribution in [-0.4, -0.2) is 14.5 Å². The zero-order chi connectivity index (χ0) is 14.8. The molecule has 0 spiro atoms. The van der Waals surface area contributed by atoms with Gasteiger partial charge in [-0.05, 0) is 38.0 Å². The van der Waals surface area contributed by atoms with Gasteiger partial charge in [-0.3, -0.25) is 0 Å². The van der Waals surface area contributed by atoms with Crippen molar-refractivity contribution >= 4 is 39.1 Å². The smallest absolute Gasteiger partial charge is 0.180 e. The van der Waals surface area contributed by atoms with Crippen LogP contribution in [0.2, 0.25) is 5.02 Å². The first-order valence-electron chi connectivity index (χ1n) is 7.02. The number of nitrogens with zero attached hydrogens (tertiary/aromatic N) is 3. The molecule has 0 amide bonds. The van der Waals surface area contributed by atoms with Gasteiger partial charge in [0.05, 0.1) is 16.7 Å². The molecule has 3 aromatic rings. The molecule has 110 valence electrons. The van der Waals surface area contributed by atoms with Gasteiger partial charge in [0.25, 0.3) is 0 Å². The van der Waals surface area contributed by atoms with E-state index in [9.17, 15) is 0 Å². The summed E-state index contributed by atoms with van der Waals surface area (Å²) in [6.45, 7) is 3.05. The van der Waals surface area contributed by atoms with Gasteiger partial charge in [0.1, 0.15) is 5.82 Å². The lowest BCUT2D eigenvalue weighted by molar-refractivity contribution is 0.679. The minimum atomic E-state index is 0.639. The highest BCUT2D eigenvalue weighted by Gasteiger charge is 2.10. The standard InChI is InChI=1S/C15H17ClN4S/c1-2-20-13-7-6-10(16)8-12(13)19-14(20)5-3-4-11-9-21-15(17)18-11/h6-9H,2-5H2,1H3,(H2,17,18). The van der Waals surface area contributed by atoms with Crippen LogP contribution >= 0.6 is 22.9 Å². The van der Waals surface area contributed by atoms with Gasteiger partial charge in [-0.1, -0.05) is 11.6 Å². The zero-order valence-electron chi connectivity index (χ0n) is 11.8. The Hall–Kier alpha value is -1.59. The monoisotopic (exact) mass is 320 g/mol. The molecule has 6 heteroatoms. The summed E-state index contributed by atoms with van der Waals surface area (Å²) in [5.41, 5.74) is 8.84. The third-order valence-corrected chi connectivity index (χ3v) is 4.47. The summed E-state index contributed by atoms with van der Waals surface area (Å²) in [5.74, 6) is 1.11. The first kappa shape index (κ1) is 14.4. The van der Waals surface area contributed by atoms with E-state index in [-0.39, 0.29) is 0 Å². The molecule has 0 unspecified atom stereocenters. The topological polar surface area (TPSA) is 56.7 Å². The molecule has 0 radical (unpaired) electrons. The number of fused-ring (bicyclic) bond motifs is 1. The molecule has 2 aromatic heterocycles. The summed E-state index contributed by atoms with van der Waals surface area (Å²) in [7, 11) is 0. The molecule has 0 bridgehead atoms. The molecule has 0 fully saturated rings. The Morgan fingerprint density at radius 3 is 2.86 bits per heavy atom. The van der Waals surface area contributed by atoms with Crippen molar-refractivity contribution in [3.63, 3.8) is 0 Å². The number of hydrogen-bond donors (Lipinski definition) is 1. The Balaban J connectivity index is 1.76. The van der Waals surface area contributed by atoms with E-state index in [1.54, 1.807) is 0 Å². The number of aromatic nitrogens is 3. The molecule has 0 atom stereocenters. The molecular weight excluding hydrogens is 304 g/mol. The minimum Gasteiger partial charge on any atom is -0.375 e. The summed E-state index contributed by atoms with van der Waals surface area (Å²) < 4.78 is 2.25. The molecular formula is C15H17ClN4S. The van der Waals surface area contributed by atoms with Gasteiger partial charge in [0.2, 0.25) is 0 Å². The van der Waals surface area contributed by atoms with Crippen LogP contribution in [0.5, 0.6) is 0 Å². The van der Waals surface area contributed by atoms with Crippen molar-refractivity contribution in [2.24, 2.45) is 0 Å². The summed E-state index contributed by atoms with van der Waals surface area (Å²) in [6.07, 6.45) is 2.87. The lowest BCUT2D eigenvalue weighted by Gasteiger charge is -2.05. The lowest BCUT2D eigenvalue weighted by atomic mass is 10.2. The summed E-state index contributed by atoms with van der Waals surface area (Å²) in [6, 6.07) is 5.88. The maximum absolute atomic E-state index is 6.04. The molecule has 0 saturated heterocycles. The number of halogens is 1. The molecule has 0 aliphatic rings. The van der Waals surface area contributed by atoms with Crippen molar-refractivity contribution in [3.05, 3.63) is 40.1 Å². The van der Waals surface area contributed by atoms with Gasteiger partial charge in [-0.15, -0.1) is 11.3 Å². The molecule has 1 aromatic carbocycles. The maximum Gasteiger partial charge on any atom is 0.180 e. The van der Waals surface area contributed by atoms with Crippen molar-refractivity contribution in [2.45, 2.75) is 32.7 Å². The van der Waals surface area contributed by atoms with Gasteiger partial charge < -0.3 is 10.3 Å². The number of aryl methyl sites for hydroxylation is 3. The number of thiazole rings is 1. The molecule has 2 heterocycles. The molecule has 2 N–H and O–H groups in total. The first-order chi connectivity index (χ1) is 10.2. The van der Waals surface area contributed by atoms with E-state index in [1.807, 2.05) is 23.6 Å². The van der Waals surface area contributed by atoms with E-state index < -0.39 is 0 Å². The van der Waals surface area contributed by atoms with E-state index in [1.165, 1.54) is 11.3 Å². The molecule has 4 nitrogen and oxygen atoms in total. The summed E-state index contributed by atoms with van der Waals surface area (Å²) >= 11 is 7.54. The fraction of sp³-hybridized carbons (Fsp3) is 0.333. The van der Waals surface area contributed by atoms with Crippen LogP contribution < -0.4 is 5.73 Å². The van der Waals surface area contributed by atoms with Crippen LogP contribution in [0.1, 0.15) is 24.9 Å². The van der Waals surface area contributed by atoms with Gasteiger partial charge >= 0.3 is 0 Å². The fourth-order valence-corrected chi connectivity index (χ4v) is 3.33. The minimum absolute atomic E-state index is 0.639. The Kier molecular flexibility index (Phi) is 4.12. The van der Waals surface area contributed by atoms with Gasteiger partial charge in [-0.25, -0.2) is 9.97 Å². The summed E-state index contributed by atoms with van der Waals surface area (Å²) in [4.78, 5) is 9.01. The summed E-state index contributed by atoms with van der Waals surface area (Å²) in [5, 5.41) is 3.39. The second kappa shape index (κ2) is 6.03. The fourth-order valence-electron chi connectivity index (χ4n) is 2.56. The number of nitrogens with two attached hydrogens (primary N) is 1. The zero-order valence-corrected chi connectivity index (χ0v) is 13.4. The second-order valence-corrected chi connectivity index (χ2v) is 6.26. The number of imidazole rings is 1. The Morgan fingerprint density at radius 2 is 2.14 bits per heavy atom. The van der Waals surface area contributed by atoms with Crippen LogP contribution in [0, 0.1) is 0 Å². The van der Waals surface area contributed by atoms with E-state index in [0.717, 1.165) is 53.4 Å². The predicted molar refractivity (Wildman–Crippen MR) is 89.0 cm³/mol. The van der Waals surface area contributed by atoms with Crippen LogP contribution in [0.3, 0.4) is 0 Å². The molecule has 0 aliphatic carbocycles. The van der Waals surface area contributed by atoms with Crippen LogP contribution in [0.15, 0.2) is 23.6 Å². The van der Waals surface area contributed by atoms with Crippen LogP contribution in [0.4, 0.5) is 5.13 Å². The first-order valence-corrected chi connectivity index (χ1v) is 8.27. The highest BCUT2D eigenvalue weighted by molar-refractivity contribution is 7.13. The molecule has 0 saturated carbocycles. The Morgan fingerprint density at radius 1 is 1.29 bits per heavy atom. The largest absolute Gasteiger partial charge is 0.375 e. The SMILES string of the molecule is CCn1c(CCCc2csc(N)n2)nc2cc(Cl)ccc21. The van der Waals surface area contributed by atoms with Gasteiger partial charge in [0, 0.05) is 23.4 Å². The average molecular weight is 321 g/mol. The van der Waals surface area contributed by atoms with E-state index in [4.69, 9.17) is 22.3 Å². The van der Waals surface area contributed by atoms with Crippen molar-refractivity contribution in [1.29, 1.82) is 0 Å². The Labute approximate surface area is 132 Å². The van der Waals surface area contributed by atoms with Crippen molar-refractivity contribution in [1.82, 2.24) is 14.5 Å². The average Bonchev–Trinajstić information content (AvgIpc) is 3.01. The lowest BCUT2D eigenvalue weighted by Crippen LogP contribution is -2.02. The van der Waals surface area contributed by atoms with Crippen molar-refractivity contribution in [3.8, 4) is 0 Å². The van der Waals surface area contributed by atoms with Crippen LogP contribution in [0.25, 0.3) is 11.0 Å². The van der Waals surface area contributed by atoms with Gasteiger partial charge in [-0.2, -0.15) is 0 Å². The van der Waals surface area contributed by atoms with E-state index >= 15 is 0 Å². The molecule has 3 rings (SSSR count). The third kappa shape index (κ3) is 3.04. The van der Waals surface area contributed by atoms with E-state index in [0.29, 0.717) is 5.13 Å². The van der Waals surface area contributed by atoms with Gasteiger partial charge in [0.15, 0.2) is 5.13 Å².